The summed E-state index contributed by atoms with van der Waals surface area (Å²) in [5.41, 5.74) is 0.770. The Morgan fingerprint density at radius 3 is 2.50 bits per heavy atom. The van der Waals surface area contributed by atoms with Gasteiger partial charge in [-0.1, -0.05) is 11.6 Å². The fraction of sp³-hybridized carbons (Fsp3) is 0.300. The van der Waals surface area contributed by atoms with Gasteiger partial charge < -0.3 is 24.4 Å². The van der Waals surface area contributed by atoms with E-state index >= 15 is 0 Å². The lowest BCUT2D eigenvalue weighted by atomic mass is 10.1. The molecule has 3 aliphatic rings. The summed E-state index contributed by atoms with van der Waals surface area (Å²) in [6.07, 6.45) is 0. The molecule has 0 aromatic heterocycles. The zero-order chi connectivity index (χ0) is 22.5. The van der Waals surface area contributed by atoms with E-state index in [0.717, 1.165) is 0 Å². The van der Waals surface area contributed by atoms with Crippen LogP contribution in [0.4, 0.5) is 5.69 Å². The van der Waals surface area contributed by atoms with E-state index in [1.807, 2.05) is 0 Å². The zero-order valence-electron chi connectivity index (χ0n) is 16.7. The number of carbonyl (C=O) groups excluding carboxylic acids is 2. The van der Waals surface area contributed by atoms with E-state index in [1.165, 1.54) is 16.4 Å². The number of carbonyl (C=O) groups is 2. The Balaban J connectivity index is 1.30. The van der Waals surface area contributed by atoms with Crippen molar-refractivity contribution in [2.75, 3.05) is 44.9 Å². The first-order valence-electron chi connectivity index (χ1n) is 9.78. The van der Waals surface area contributed by atoms with Crippen molar-refractivity contribution in [3.63, 3.8) is 0 Å². The van der Waals surface area contributed by atoms with Crippen molar-refractivity contribution >= 4 is 39.1 Å². The van der Waals surface area contributed by atoms with Gasteiger partial charge in [-0.2, -0.15) is 4.31 Å². The Morgan fingerprint density at radius 2 is 1.72 bits per heavy atom. The van der Waals surface area contributed by atoms with Gasteiger partial charge in [0.05, 0.1) is 10.7 Å². The highest BCUT2D eigenvalue weighted by Gasteiger charge is 2.33. The molecule has 0 unspecified atom stereocenters. The maximum atomic E-state index is 13.2. The minimum atomic E-state index is -3.93. The topological polar surface area (TPSA) is 114 Å². The van der Waals surface area contributed by atoms with E-state index in [-0.39, 0.29) is 67.1 Å². The third-order valence-electron chi connectivity index (χ3n) is 5.43. The predicted molar refractivity (Wildman–Crippen MR) is 113 cm³/mol. The van der Waals surface area contributed by atoms with Crippen LogP contribution in [0.15, 0.2) is 35.2 Å². The van der Waals surface area contributed by atoms with Crippen LogP contribution in [-0.4, -0.2) is 69.0 Å². The minimum Gasteiger partial charge on any atom is -0.482 e. The number of fused-ring (bicyclic) bond motifs is 2. The Labute approximate surface area is 188 Å². The molecule has 0 spiro atoms. The molecular formula is C20H18ClN3O7S. The van der Waals surface area contributed by atoms with Crippen molar-refractivity contribution in [3.05, 3.63) is 40.9 Å². The largest absolute Gasteiger partial charge is 0.482 e. The maximum Gasteiger partial charge on any atom is 0.262 e. The molecule has 1 fully saturated rings. The van der Waals surface area contributed by atoms with Gasteiger partial charge >= 0.3 is 0 Å². The van der Waals surface area contributed by atoms with Gasteiger partial charge in [0.1, 0.15) is 10.6 Å². The van der Waals surface area contributed by atoms with Crippen LogP contribution >= 0.6 is 11.6 Å². The highest BCUT2D eigenvalue weighted by molar-refractivity contribution is 7.89. The molecule has 5 rings (SSSR count). The lowest BCUT2D eigenvalue weighted by molar-refractivity contribution is -0.118. The standard InChI is InChI=1S/C20H18ClN3O7S/c21-13-8-14-16(29-10-19(25)22-14)9-18(13)32(27,28)24-5-3-23(4-6-24)20(26)12-1-2-15-17(7-12)31-11-30-15/h1-2,7-9H,3-6,10-11H2,(H,22,25). The fourth-order valence-electron chi connectivity index (χ4n) is 3.76. The molecule has 12 heteroatoms. The summed E-state index contributed by atoms with van der Waals surface area (Å²) in [5, 5.41) is 2.57. The maximum absolute atomic E-state index is 13.2. The Kier molecular flexibility index (Phi) is 5.11. The zero-order valence-corrected chi connectivity index (χ0v) is 18.2. The average molecular weight is 480 g/mol. The normalized spacial score (nSPS) is 18.0. The molecule has 0 aliphatic carbocycles. The number of rotatable bonds is 3. The number of nitrogens with zero attached hydrogens (tertiary/aromatic N) is 2. The second kappa shape index (κ2) is 7.84. The van der Waals surface area contributed by atoms with E-state index in [1.54, 1.807) is 23.1 Å². The number of benzene rings is 2. The first-order chi connectivity index (χ1) is 15.3. The summed E-state index contributed by atoms with van der Waals surface area (Å²) in [5.74, 6) is 0.786. The number of amides is 2. The number of sulfonamides is 1. The summed E-state index contributed by atoms with van der Waals surface area (Å²) in [7, 11) is -3.93. The molecule has 0 bridgehead atoms. The van der Waals surface area contributed by atoms with Crippen LogP contribution in [0.5, 0.6) is 17.2 Å². The van der Waals surface area contributed by atoms with Gasteiger partial charge in [0.15, 0.2) is 18.1 Å². The van der Waals surface area contributed by atoms with Crippen LogP contribution in [0, 0.1) is 0 Å². The van der Waals surface area contributed by atoms with E-state index in [4.69, 9.17) is 25.8 Å². The van der Waals surface area contributed by atoms with Crippen molar-refractivity contribution in [1.82, 2.24) is 9.21 Å². The number of ether oxygens (including phenoxy) is 3. The van der Waals surface area contributed by atoms with Crippen LogP contribution in [0.3, 0.4) is 0 Å². The lowest BCUT2D eigenvalue weighted by Crippen LogP contribution is -2.50. The number of hydrogen-bond donors (Lipinski definition) is 1. The molecular weight excluding hydrogens is 462 g/mol. The van der Waals surface area contributed by atoms with Crippen molar-refractivity contribution < 1.29 is 32.2 Å². The molecule has 3 heterocycles. The SMILES string of the molecule is O=C1COc2cc(S(=O)(=O)N3CCN(C(=O)c4ccc5c(c4)OCO5)CC3)c(Cl)cc2N1. The molecule has 3 aliphatic heterocycles. The molecule has 2 amide bonds. The molecule has 1 N–H and O–H groups in total. The molecule has 2 aromatic rings. The van der Waals surface area contributed by atoms with E-state index in [0.29, 0.717) is 22.7 Å². The van der Waals surface area contributed by atoms with E-state index in [9.17, 15) is 18.0 Å². The molecule has 1 saturated heterocycles. The molecule has 32 heavy (non-hydrogen) atoms. The third-order valence-corrected chi connectivity index (χ3v) is 7.79. The quantitative estimate of drug-likeness (QED) is 0.710. The Bertz CT molecular complexity index is 1230. The van der Waals surface area contributed by atoms with Crippen LogP contribution in [-0.2, 0) is 14.8 Å². The lowest BCUT2D eigenvalue weighted by Gasteiger charge is -2.34. The van der Waals surface area contributed by atoms with Gasteiger partial charge in [0, 0.05) is 37.8 Å². The van der Waals surface area contributed by atoms with Gasteiger partial charge in [0.2, 0.25) is 16.8 Å². The Hall–Kier alpha value is -3.02. The van der Waals surface area contributed by atoms with Gasteiger partial charge in [0.25, 0.3) is 11.8 Å². The second-order valence-electron chi connectivity index (χ2n) is 7.38. The molecule has 2 aromatic carbocycles. The minimum absolute atomic E-state index is 0.0200. The van der Waals surface area contributed by atoms with Crippen molar-refractivity contribution in [3.8, 4) is 17.2 Å². The monoisotopic (exact) mass is 479 g/mol. The summed E-state index contributed by atoms with van der Waals surface area (Å²) in [6, 6.07) is 7.64. The number of halogens is 1. The number of hydrogen-bond acceptors (Lipinski definition) is 7. The number of anilines is 1. The number of piperazine rings is 1. The first-order valence-corrected chi connectivity index (χ1v) is 11.6. The third kappa shape index (κ3) is 3.61. The summed E-state index contributed by atoms with van der Waals surface area (Å²) in [4.78, 5) is 25.8. The van der Waals surface area contributed by atoms with Gasteiger partial charge in [-0.3, -0.25) is 9.59 Å². The second-order valence-corrected chi connectivity index (χ2v) is 9.69. The molecule has 0 atom stereocenters. The van der Waals surface area contributed by atoms with E-state index < -0.39 is 10.0 Å². The van der Waals surface area contributed by atoms with Gasteiger partial charge in [-0.15, -0.1) is 0 Å². The van der Waals surface area contributed by atoms with Crippen molar-refractivity contribution in [1.29, 1.82) is 0 Å². The van der Waals surface area contributed by atoms with Crippen molar-refractivity contribution in [2.45, 2.75) is 4.90 Å². The van der Waals surface area contributed by atoms with E-state index in [2.05, 4.69) is 5.32 Å². The number of nitrogens with one attached hydrogen (secondary N) is 1. The van der Waals surface area contributed by atoms with Gasteiger partial charge in [-0.05, 0) is 24.3 Å². The van der Waals surface area contributed by atoms with Crippen LogP contribution < -0.4 is 19.5 Å². The Morgan fingerprint density at radius 1 is 0.969 bits per heavy atom. The molecule has 0 saturated carbocycles. The van der Waals surface area contributed by atoms with Crippen molar-refractivity contribution in [2.24, 2.45) is 0 Å². The predicted octanol–water partition coefficient (Wildman–Crippen LogP) is 1.55. The van der Waals surface area contributed by atoms with Crippen LogP contribution in [0.2, 0.25) is 5.02 Å². The highest BCUT2D eigenvalue weighted by atomic mass is 35.5. The molecule has 10 nitrogen and oxygen atoms in total. The summed E-state index contributed by atoms with van der Waals surface area (Å²) in [6.45, 7) is 0.595. The molecule has 168 valence electrons. The smallest absolute Gasteiger partial charge is 0.262 e. The van der Waals surface area contributed by atoms with Crippen LogP contribution in [0.1, 0.15) is 10.4 Å². The average Bonchev–Trinajstić information content (AvgIpc) is 3.26. The highest BCUT2D eigenvalue weighted by Crippen LogP contribution is 2.37. The summed E-state index contributed by atoms with van der Waals surface area (Å²) >= 11 is 6.22. The molecule has 0 radical (unpaired) electrons. The summed E-state index contributed by atoms with van der Waals surface area (Å²) < 4.78 is 43.6. The fourth-order valence-corrected chi connectivity index (χ4v) is 5.70. The van der Waals surface area contributed by atoms with Gasteiger partial charge in [-0.25, -0.2) is 8.42 Å². The first kappa shape index (κ1) is 20.9. The van der Waals surface area contributed by atoms with Crippen LogP contribution in [0.25, 0.3) is 0 Å².